The number of anilines is 1. The monoisotopic (exact) mass is 223 g/mol. The van der Waals surface area contributed by atoms with Crippen molar-refractivity contribution >= 4 is 17.4 Å². The highest BCUT2D eigenvalue weighted by Crippen LogP contribution is 2.33. The summed E-state index contributed by atoms with van der Waals surface area (Å²) < 4.78 is 0. The molecular weight excluding hydrogens is 206 g/mol. The molecule has 0 bridgehead atoms. The number of nitrogens with zero attached hydrogens (tertiary/aromatic N) is 1. The third kappa shape index (κ3) is 2.29. The Hall–Kier alpha value is -0.670. The quantitative estimate of drug-likeness (QED) is 0.850. The fourth-order valence-corrected chi connectivity index (χ4v) is 2.45. The number of fused-ring (bicyclic) bond motifs is 1. The largest absolute Gasteiger partial charge is 0.388 e. The van der Waals surface area contributed by atoms with Crippen molar-refractivity contribution < 1.29 is 5.11 Å². The third-order valence-corrected chi connectivity index (χ3v) is 3.47. The van der Waals surface area contributed by atoms with Gasteiger partial charge in [-0.1, -0.05) is 18.2 Å². The highest BCUT2D eigenvalue weighted by molar-refractivity contribution is 7.98. The average molecular weight is 223 g/mol. The van der Waals surface area contributed by atoms with Crippen LogP contribution in [-0.4, -0.2) is 30.2 Å². The Labute approximate surface area is 95.3 Å². The van der Waals surface area contributed by atoms with E-state index < -0.39 is 0 Å². The Morgan fingerprint density at radius 2 is 2.27 bits per heavy atom. The molecule has 2 rings (SSSR count). The van der Waals surface area contributed by atoms with E-state index in [1.807, 2.05) is 30.0 Å². The van der Waals surface area contributed by atoms with Gasteiger partial charge in [-0.25, -0.2) is 0 Å². The summed E-state index contributed by atoms with van der Waals surface area (Å²) in [6.45, 7) is 2.05. The van der Waals surface area contributed by atoms with Gasteiger partial charge in [0.05, 0.1) is 6.10 Å². The van der Waals surface area contributed by atoms with Gasteiger partial charge < -0.3 is 10.0 Å². The van der Waals surface area contributed by atoms with E-state index in [1.54, 1.807) is 0 Å². The number of rotatable bonds is 3. The van der Waals surface area contributed by atoms with E-state index in [-0.39, 0.29) is 6.10 Å². The first-order valence-corrected chi connectivity index (χ1v) is 6.73. The van der Waals surface area contributed by atoms with Gasteiger partial charge >= 0.3 is 0 Å². The van der Waals surface area contributed by atoms with Gasteiger partial charge in [0.15, 0.2) is 0 Å². The van der Waals surface area contributed by atoms with E-state index in [1.165, 1.54) is 5.69 Å². The van der Waals surface area contributed by atoms with Crippen LogP contribution >= 0.6 is 11.8 Å². The molecule has 0 radical (unpaired) electrons. The molecule has 2 nitrogen and oxygen atoms in total. The van der Waals surface area contributed by atoms with Gasteiger partial charge in [-0.3, -0.25) is 0 Å². The molecular formula is C12H17NOS. The van der Waals surface area contributed by atoms with Crippen LogP contribution in [0.2, 0.25) is 0 Å². The zero-order valence-corrected chi connectivity index (χ0v) is 9.83. The number of aliphatic hydroxyl groups excluding tert-OH is 1. The summed E-state index contributed by atoms with van der Waals surface area (Å²) in [7, 11) is 0. The molecule has 1 heterocycles. The predicted octanol–water partition coefficient (Wildman–Crippen LogP) is 2.29. The van der Waals surface area contributed by atoms with Crippen molar-refractivity contribution in [3.63, 3.8) is 0 Å². The Balaban J connectivity index is 2.20. The van der Waals surface area contributed by atoms with Gasteiger partial charge in [0, 0.05) is 30.1 Å². The van der Waals surface area contributed by atoms with E-state index in [0.29, 0.717) is 0 Å². The molecule has 0 spiro atoms. The van der Waals surface area contributed by atoms with E-state index in [0.717, 1.165) is 30.8 Å². The highest BCUT2D eigenvalue weighted by Gasteiger charge is 2.22. The summed E-state index contributed by atoms with van der Waals surface area (Å²) in [5, 5.41) is 9.87. The van der Waals surface area contributed by atoms with Crippen LogP contribution in [0.3, 0.4) is 0 Å². The van der Waals surface area contributed by atoms with Crippen LogP contribution in [0.4, 0.5) is 5.69 Å². The van der Waals surface area contributed by atoms with Crippen LogP contribution < -0.4 is 4.90 Å². The molecule has 0 amide bonds. The molecule has 0 saturated heterocycles. The first kappa shape index (κ1) is 10.8. The Morgan fingerprint density at radius 3 is 3.07 bits per heavy atom. The number of hydrogen-bond donors (Lipinski definition) is 1. The standard InChI is InChI=1S/C12H17NOS/c1-15-9-8-13-7-6-12(14)10-4-2-3-5-11(10)13/h2-5,12,14H,6-9H2,1H3. The van der Waals surface area contributed by atoms with Crippen molar-refractivity contribution in [3.8, 4) is 0 Å². The minimum absolute atomic E-state index is 0.272. The van der Waals surface area contributed by atoms with Gasteiger partial charge in [0.2, 0.25) is 0 Å². The Morgan fingerprint density at radius 1 is 1.47 bits per heavy atom. The molecule has 1 aromatic carbocycles. The van der Waals surface area contributed by atoms with Gasteiger partial charge in [0.1, 0.15) is 0 Å². The summed E-state index contributed by atoms with van der Waals surface area (Å²) in [5.74, 6) is 1.14. The summed E-state index contributed by atoms with van der Waals surface area (Å²) in [5.41, 5.74) is 2.30. The molecule has 0 aliphatic carbocycles. The van der Waals surface area contributed by atoms with Gasteiger partial charge in [-0.2, -0.15) is 11.8 Å². The third-order valence-electron chi connectivity index (χ3n) is 2.87. The zero-order valence-electron chi connectivity index (χ0n) is 9.02. The lowest BCUT2D eigenvalue weighted by Gasteiger charge is -2.33. The van der Waals surface area contributed by atoms with Crippen LogP contribution in [-0.2, 0) is 0 Å². The van der Waals surface area contributed by atoms with E-state index >= 15 is 0 Å². The van der Waals surface area contributed by atoms with Crippen molar-refractivity contribution in [1.82, 2.24) is 0 Å². The van der Waals surface area contributed by atoms with Gasteiger partial charge in [0.25, 0.3) is 0 Å². The summed E-state index contributed by atoms with van der Waals surface area (Å²) in [6, 6.07) is 8.19. The number of para-hydroxylation sites is 1. The Bertz CT molecular complexity index is 329. The number of thioether (sulfide) groups is 1. The number of benzene rings is 1. The first-order valence-electron chi connectivity index (χ1n) is 5.34. The number of hydrogen-bond acceptors (Lipinski definition) is 3. The molecule has 1 aliphatic rings. The predicted molar refractivity (Wildman–Crippen MR) is 66.6 cm³/mol. The summed E-state index contributed by atoms with van der Waals surface area (Å²) in [4.78, 5) is 2.37. The van der Waals surface area contributed by atoms with Crippen molar-refractivity contribution in [2.75, 3.05) is 30.0 Å². The van der Waals surface area contributed by atoms with Crippen LogP contribution in [0.1, 0.15) is 18.1 Å². The minimum Gasteiger partial charge on any atom is -0.388 e. The molecule has 1 unspecified atom stereocenters. The average Bonchev–Trinajstić information content (AvgIpc) is 2.29. The van der Waals surface area contributed by atoms with Crippen LogP contribution in [0.15, 0.2) is 24.3 Å². The fraction of sp³-hybridized carbons (Fsp3) is 0.500. The SMILES string of the molecule is CSCCN1CCC(O)c2ccccc21. The lowest BCUT2D eigenvalue weighted by molar-refractivity contribution is 0.164. The Kier molecular flexibility index (Phi) is 3.54. The van der Waals surface area contributed by atoms with Crippen LogP contribution in [0, 0.1) is 0 Å². The number of aliphatic hydroxyl groups is 1. The van der Waals surface area contributed by atoms with Gasteiger partial charge in [-0.05, 0) is 18.7 Å². The van der Waals surface area contributed by atoms with Crippen molar-refractivity contribution in [3.05, 3.63) is 29.8 Å². The normalized spacial score (nSPS) is 20.1. The summed E-state index contributed by atoms with van der Waals surface area (Å²) >= 11 is 1.87. The maximum Gasteiger partial charge on any atom is 0.0826 e. The second kappa shape index (κ2) is 4.90. The maximum atomic E-state index is 9.87. The lowest BCUT2D eigenvalue weighted by Crippen LogP contribution is -2.32. The van der Waals surface area contributed by atoms with Crippen LogP contribution in [0.5, 0.6) is 0 Å². The molecule has 15 heavy (non-hydrogen) atoms. The maximum absolute atomic E-state index is 9.87. The molecule has 1 atom stereocenters. The molecule has 0 aromatic heterocycles. The minimum atomic E-state index is -0.272. The van der Waals surface area contributed by atoms with Crippen LogP contribution in [0.25, 0.3) is 0 Å². The second-order valence-electron chi connectivity index (χ2n) is 3.84. The molecule has 3 heteroatoms. The van der Waals surface area contributed by atoms with E-state index in [4.69, 9.17) is 0 Å². The van der Waals surface area contributed by atoms with E-state index in [9.17, 15) is 5.11 Å². The fourth-order valence-electron chi connectivity index (χ4n) is 2.05. The van der Waals surface area contributed by atoms with E-state index in [2.05, 4.69) is 17.2 Å². The molecule has 1 aliphatic heterocycles. The molecule has 0 fully saturated rings. The second-order valence-corrected chi connectivity index (χ2v) is 4.83. The van der Waals surface area contributed by atoms with Gasteiger partial charge in [-0.15, -0.1) is 0 Å². The van der Waals surface area contributed by atoms with Crippen molar-refractivity contribution in [2.45, 2.75) is 12.5 Å². The summed E-state index contributed by atoms with van der Waals surface area (Å²) in [6.07, 6.45) is 2.71. The molecule has 1 N–H and O–H groups in total. The lowest BCUT2D eigenvalue weighted by atomic mass is 9.99. The first-order chi connectivity index (χ1) is 7.33. The smallest absolute Gasteiger partial charge is 0.0826 e. The van der Waals surface area contributed by atoms with Crippen molar-refractivity contribution in [1.29, 1.82) is 0 Å². The topological polar surface area (TPSA) is 23.5 Å². The molecule has 1 aromatic rings. The highest BCUT2D eigenvalue weighted by atomic mass is 32.2. The molecule has 82 valence electrons. The molecule has 0 saturated carbocycles. The van der Waals surface area contributed by atoms with Crippen molar-refractivity contribution in [2.24, 2.45) is 0 Å². The zero-order chi connectivity index (χ0) is 10.7.